The molecule has 1 amide bonds. The van der Waals surface area contributed by atoms with Gasteiger partial charge in [0.05, 0.1) is 0 Å². The fourth-order valence-corrected chi connectivity index (χ4v) is 3.51. The van der Waals surface area contributed by atoms with Crippen molar-refractivity contribution in [2.45, 2.75) is 57.1 Å². The normalized spacial score (nSPS) is 16.6. The number of carbonyl (C=O) groups is 1. The number of piperidine rings is 1. The highest BCUT2D eigenvalue weighted by molar-refractivity contribution is 8.00. The zero-order chi connectivity index (χ0) is 14.1. The summed E-state index contributed by atoms with van der Waals surface area (Å²) in [5, 5.41) is 6.51. The van der Waals surface area contributed by atoms with E-state index in [0.717, 1.165) is 44.8 Å². The van der Waals surface area contributed by atoms with Crippen LogP contribution in [0.15, 0.2) is 0 Å². The van der Waals surface area contributed by atoms with Crippen LogP contribution in [0.3, 0.4) is 0 Å². The van der Waals surface area contributed by atoms with Crippen LogP contribution in [-0.4, -0.2) is 36.5 Å². The van der Waals surface area contributed by atoms with Crippen molar-refractivity contribution in [3.05, 3.63) is 0 Å². The maximum Gasteiger partial charge on any atom is 0.220 e. The Morgan fingerprint density at radius 2 is 1.90 bits per heavy atom. The number of nitrogens with one attached hydrogen (secondary N) is 2. The lowest BCUT2D eigenvalue weighted by Crippen LogP contribution is -2.39. The minimum absolute atomic E-state index is 0. The van der Waals surface area contributed by atoms with Crippen LogP contribution >= 0.6 is 24.2 Å². The zero-order valence-electron chi connectivity index (χ0n) is 13.2. The van der Waals surface area contributed by atoms with Gasteiger partial charge >= 0.3 is 0 Å². The summed E-state index contributed by atoms with van der Waals surface area (Å²) < 4.78 is 0.227. The van der Waals surface area contributed by atoms with E-state index in [1.165, 1.54) is 12.8 Å². The molecular weight excluding hydrogens is 292 g/mol. The number of halogens is 1. The lowest BCUT2D eigenvalue weighted by atomic mass is 9.93. The van der Waals surface area contributed by atoms with Crippen LogP contribution in [0.25, 0.3) is 0 Å². The third kappa shape index (κ3) is 6.68. The average molecular weight is 323 g/mol. The summed E-state index contributed by atoms with van der Waals surface area (Å²) in [4.78, 5) is 11.9. The van der Waals surface area contributed by atoms with Gasteiger partial charge in [-0.3, -0.25) is 4.79 Å². The van der Waals surface area contributed by atoms with Crippen molar-refractivity contribution in [2.24, 2.45) is 5.92 Å². The highest BCUT2D eigenvalue weighted by Gasteiger charge is 2.25. The monoisotopic (exact) mass is 322 g/mol. The molecule has 0 aromatic heterocycles. The molecular formula is C15H31ClN2OS. The quantitative estimate of drug-likeness (QED) is 0.721. The summed E-state index contributed by atoms with van der Waals surface area (Å²) in [6.45, 7) is 7.47. The molecule has 0 atom stereocenters. The van der Waals surface area contributed by atoms with Gasteiger partial charge in [0.15, 0.2) is 0 Å². The first-order chi connectivity index (χ1) is 9.15. The molecule has 0 spiro atoms. The maximum absolute atomic E-state index is 11.9. The van der Waals surface area contributed by atoms with E-state index in [9.17, 15) is 4.79 Å². The van der Waals surface area contributed by atoms with Crippen LogP contribution in [0.4, 0.5) is 0 Å². The van der Waals surface area contributed by atoms with Gasteiger partial charge in [-0.2, -0.15) is 11.8 Å². The van der Waals surface area contributed by atoms with E-state index in [1.54, 1.807) is 0 Å². The molecule has 5 heteroatoms. The SMILES string of the molecule is CCC(CC)(CNC(=O)CCC1CCNCC1)SC.Cl. The van der Waals surface area contributed by atoms with E-state index in [0.29, 0.717) is 6.42 Å². The van der Waals surface area contributed by atoms with Crippen LogP contribution in [0, 0.1) is 5.92 Å². The molecule has 0 radical (unpaired) electrons. The topological polar surface area (TPSA) is 41.1 Å². The van der Waals surface area contributed by atoms with Crippen LogP contribution in [0.1, 0.15) is 52.4 Å². The Hall–Kier alpha value is 0.0700. The van der Waals surface area contributed by atoms with E-state index in [4.69, 9.17) is 0 Å². The molecule has 20 heavy (non-hydrogen) atoms. The smallest absolute Gasteiger partial charge is 0.220 e. The van der Waals surface area contributed by atoms with Gasteiger partial charge in [-0.15, -0.1) is 12.4 Å². The van der Waals surface area contributed by atoms with Crippen LogP contribution in [0.5, 0.6) is 0 Å². The van der Waals surface area contributed by atoms with Gasteiger partial charge in [-0.1, -0.05) is 13.8 Å². The Balaban J connectivity index is 0.00000361. The van der Waals surface area contributed by atoms with E-state index in [1.807, 2.05) is 11.8 Å². The van der Waals surface area contributed by atoms with Gasteiger partial charge in [0.1, 0.15) is 0 Å². The molecule has 0 saturated carbocycles. The van der Waals surface area contributed by atoms with Gasteiger partial charge in [-0.25, -0.2) is 0 Å². The van der Waals surface area contributed by atoms with Crippen LogP contribution < -0.4 is 10.6 Å². The van der Waals surface area contributed by atoms with Crippen molar-refractivity contribution in [1.82, 2.24) is 10.6 Å². The van der Waals surface area contributed by atoms with Crippen LogP contribution in [-0.2, 0) is 4.79 Å². The Labute approximate surface area is 134 Å². The molecule has 0 aliphatic carbocycles. The molecule has 1 aliphatic heterocycles. The minimum Gasteiger partial charge on any atom is -0.355 e. The first-order valence-electron chi connectivity index (χ1n) is 7.68. The summed E-state index contributed by atoms with van der Waals surface area (Å²) in [5.41, 5.74) is 0. The van der Waals surface area contributed by atoms with Crippen molar-refractivity contribution in [1.29, 1.82) is 0 Å². The molecule has 0 bridgehead atoms. The fourth-order valence-electron chi connectivity index (χ4n) is 2.71. The Bertz CT molecular complexity index is 258. The standard InChI is InChI=1S/C15H30N2OS.ClH/c1-4-15(5-2,19-3)12-17-14(18)7-6-13-8-10-16-11-9-13;/h13,16H,4-12H2,1-3H3,(H,17,18);1H. The van der Waals surface area contributed by atoms with Crippen molar-refractivity contribution in [2.75, 3.05) is 25.9 Å². The predicted molar refractivity (Wildman–Crippen MR) is 91.9 cm³/mol. The number of amides is 1. The molecule has 1 saturated heterocycles. The predicted octanol–water partition coefficient (Wildman–Crippen LogP) is 3.23. The lowest BCUT2D eigenvalue weighted by Gasteiger charge is -2.30. The average Bonchev–Trinajstić information content (AvgIpc) is 2.48. The Kier molecular flexibility index (Phi) is 10.8. The second kappa shape index (κ2) is 10.7. The number of rotatable bonds is 8. The van der Waals surface area contributed by atoms with Gasteiger partial charge < -0.3 is 10.6 Å². The lowest BCUT2D eigenvalue weighted by molar-refractivity contribution is -0.121. The number of hydrogen-bond donors (Lipinski definition) is 2. The molecule has 1 aliphatic rings. The minimum atomic E-state index is 0. The van der Waals surface area contributed by atoms with Crippen molar-refractivity contribution >= 4 is 30.1 Å². The molecule has 2 N–H and O–H groups in total. The summed E-state index contributed by atoms with van der Waals surface area (Å²) in [6, 6.07) is 0. The second-order valence-corrected chi connectivity index (χ2v) is 6.88. The molecule has 3 nitrogen and oxygen atoms in total. The Morgan fingerprint density at radius 1 is 1.30 bits per heavy atom. The van der Waals surface area contributed by atoms with Gasteiger partial charge in [0.25, 0.3) is 0 Å². The van der Waals surface area contributed by atoms with Gasteiger partial charge in [0, 0.05) is 17.7 Å². The van der Waals surface area contributed by atoms with E-state index < -0.39 is 0 Å². The summed E-state index contributed by atoms with van der Waals surface area (Å²) in [6.07, 6.45) is 8.57. The van der Waals surface area contributed by atoms with Crippen LogP contribution in [0.2, 0.25) is 0 Å². The molecule has 1 heterocycles. The number of carbonyl (C=O) groups excluding carboxylic acids is 1. The third-order valence-electron chi connectivity index (χ3n) is 4.57. The summed E-state index contributed by atoms with van der Waals surface area (Å²) >= 11 is 1.88. The highest BCUT2D eigenvalue weighted by atomic mass is 35.5. The molecule has 0 aromatic carbocycles. The van der Waals surface area contributed by atoms with E-state index >= 15 is 0 Å². The summed E-state index contributed by atoms with van der Waals surface area (Å²) in [5.74, 6) is 0.980. The van der Waals surface area contributed by atoms with E-state index in [2.05, 4.69) is 30.7 Å². The number of hydrogen-bond acceptors (Lipinski definition) is 3. The first-order valence-corrected chi connectivity index (χ1v) is 8.91. The van der Waals surface area contributed by atoms with Crippen molar-refractivity contribution in [3.8, 4) is 0 Å². The van der Waals surface area contributed by atoms with Gasteiger partial charge in [-0.05, 0) is 57.4 Å². The second-order valence-electron chi connectivity index (χ2n) is 5.60. The molecule has 0 aromatic rings. The van der Waals surface area contributed by atoms with Gasteiger partial charge in [0.2, 0.25) is 5.91 Å². The Morgan fingerprint density at radius 3 is 2.40 bits per heavy atom. The maximum atomic E-state index is 11.9. The van der Waals surface area contributed by atoms with Crippen molar-refractivity contribution < 1.29 is 4.79 Å². The zero-order valence-corrected chi connectivity index (χ0v) is 14.8. The summed E-state index contributed by atoms with van der Waals surface area (Å²) in [7, 11) is 0. The molecule has 120 valence electrons. The van der Waals surface area contributed by atoms with Crippen molar-refractivity contribution in [3.63, 3.8) is 0 Å². The molecule has 0 unspecified atom stereocenters. The molecule has 1 rings (SSSR count). The molecule has 1 fully saturated rings. The number of thioether (sulfide) groups is 1. The first kappa shape index (κ1) is 20.1. The fraction of sp³-hybridized carbons (Fsp3) is 0.933. The third-order valence-corrected chi connectivity index (χ3v) is 6.16. The highest BCUT2D eigenvalue weighted by Crippen LogP contribution is 2.29. The van der Waals surface area contributed by atoms with E-state index in [-0.39, 0.29) is 23.1 Å². The largest absolute Gasteiger partial charge is 0.355 e.